The van der Waals surface area contributed by atoms with Crippen LogP contribution in [0.5, 0.6) is 5.75 Å². The molecule has 0 atom stereocenters. The normalized spacial score (nSPS) is 11.9. The van der Waals surface area contributed by atoms with E-state index in [1.807, 2.05) is 49.4 Å². The van der Waals surface area contributed by atoms with Gasteiger partial charge in [0.05, 0.1) is 28.4 Å². The minimum absolute atomic E-state index is 0.695. The first-order valence-electron chi connectivity index (χ1n) is 10.2. The molecule has 2 aromatic heterocycles. The van der Waals surface area contributed by atoms with E-state index in [1.54, 1.807) is 18.5 Å². The SMILES string of the molecule is C#C/C=C\C(=C/C)Oc1ccc(-c2nc3ccc(-c4ccc5nc[nH]c5c4)cc3[nH]2)cc1. The average molecular weight is 416 g/mol. The molecule has 0 bridgehead atoms. The van der Waals surface area contributed by atoms with E-state index in [4.69, 9.17) is 16.1 Å². The number of imidazole rings is 2. The number of aromatic nitrogens is 4. The summed E-state index contributed by atoms with van der Waals surface area (Å²) in [7, 11) is 0. The highest BCUT2D eigenvalue weighted by Gasteiger charge is 2.08. The van der Waals surface area contributed by atoms with Crippen LogP contribution in [0.4, 0.5) is 0 Å². The lowest BCUT2D eigenvalue weighted by Gasteiger charge is -2.06. The zero-order chi connectivity index (χ0) is 21.9. The number of nitrogens with one attached hydrogen (secondary N) is 2. The van der Waals surface area contributed by atoms with E-state index in [9.17, 15) is 0 Å². The van der Waals surface area contributed by atoms with Crippen LogP contribution in [0.2, 0.25) is 0 Å². The van der Waals surface area contributed by atoms with Gasteiger partial charge in [0.25, 0.3) is 0 Å². The van der Waals surface area contributed by atoms with Gasteiger partial charge in [-0.2, -0.15) is 0 Å². The molecule has 5 aromatic rings. The van der Waals surface area contributed by atoms with Gasteiger partial charge in [-0.05, 0) is 84.8 Å². The molecule has 0 amide bonds. The fraction of sp³-hybridized carbons (Fsp3) is 0.0370. The highest BCUT2D eigenvalue weighted by molar-refractivity contribution is 5.87. The van der Waals surface area contributed by atoms with Crippen molar-refractivity contribution in [2.75, 3.05) is 0 Å². The molecule has 0 radical (unpaired) electrons. The summed E-state index contributed by atoms with van der Waals surface area (Å²) < 4.78 is 5.85. The molecule has 5 rings (SSSR count). The predicted octanol–water partition coefficient (Wildman–Crippen LogP) is 6.25. The van der Waals surface area contributed by atoms with Crippen LogP contribution in [0.3, 0.4) is 0 Å². The number of H-pyrrole nitrogens is 2. The molecule has 0 fully saturated rings. The lowest BCUT2D eigenvalue weighted by Crippen LogP contribution is -1.91. The van der Waals surface area contributed by atoms with E-state index in [0.29, 0.717) is 5.76 Å². The number of hydrogen-bond donors (Lipinski definition) is 2. The molecule has 5 heteroatoms. The summed E-state index contributed by atoms with van der Waals surface area (Å²) in [4.78, 5) is 15.6. The summed E-state index contributed by atoms with van der Waals surface area (Å²) >= 11 is 0. The first-order valence-corrected chi connectivity index (χ1v) is 10.2. The maximum atomic E-state index is 5.85. The fourth-order valence-electron chi connectivity index (χ4n) is 3.58. The first-order chi connectivity index (χ1) is 15.7. The van der Waals surface area contributed by atoms with Gasteiger partial charge in [0.15, 0.2) is 0 Å². The Hall–Kier alpha value is -4.56. The number of nitrogens with zero attached hydrogens (tertiary/aromatic N) is 2. The Balaban J connectivity index is 1.41. The van der Waals surface area contributed by atoms with Crippen molar-refractivity contribution in [3.05, 3.63) is 91.0 Å². The molecule has 2 N–H and O–H groups in total. The largest absolute Gasteiger partial charge is 0.458 e. The van der Waals surface area contributed by atoms with Crippen LogP contribution in [-0.4, -0.2) is 19.9 Å². The van der Waals surface area contributed by atoms with Gasteiger partial charge in [-0.1, -0.05) is 18.1 Å². The third kappa shape index (κ3) is 3.78. The second kappa shape index (κ2) is 8.29. The molecule has 0 aliphatic heterocycles. The van der Waals surface area contributed by atoms with Crippen molar-refractivity contribution in [2.45, 2.75) is 6.92 Å². The smallest absolute Gasteiger partial charge is 0.138 e. The molecule has 0 unspecified atom stereocenters. The lowest BCUT2D eigenvalue weighted by atomic mass is 10.0. The maximum Gasteiger partial charge on any atom is 0.138 e. The molecule has 0 saturated heterocycles. The zero-order valence-corrected chi connectivity index (χ0v) is 17.5. The fourth-order valence-corrected chi connectivity index (χ4v) is 3.58. The van der Waals surface area contributed by atoms with Gasteiger partial charge in [0, 0.05) is 5.56 Å². The van der Waals surface area contributed by atoms with Crippen LogP contribution in [0.15, 0.2) is 91.0 Å². The van der Waals surface area contributed by atoms with Crippen molar-refractivity contribution >= 4 is 22.1 Å². The van der Waals surface area contributed by atoms with Crippen LogP contribution < -0.4 is 4.74 Å². The summed E-state index contributed by atoms with van der Waals surface area (Å²) in [5.41, 5.74) is 7.10. The first kappa shape index (κ1) is 19.4. The Morgan fingerprint density at radius 2 is 1.66 bits per heavy atom. The van der Waals surface area contributed by atoms with Gasteiger partial charge in [0.1, 0.15) is 17.3 Å². The van der Waals surface area contributed by atoms with Crippen LogP contribution in [-0.2, 0) is 0 Å². The molecule has 0 spiro atoms. The molecule has 0 aliphatic rings. The van der Waals surface area contributed by atoms with E-state index >= 15 is 0 Å². The van der Waals surface area contributed by atoms with Gasteiger partial charge in [-0.3, -0.25) is 0 Å². The highest BCUT2D eigenvalue weighted by Crippen LogP contribution is 2.28. The van der Waals surface area contributed by atoms with Gasteiger partial charge in [-0.15, -0.1) is 6.42 Å². The van der Waals surface area contributed by atoms with Crippen molar-refractivity contribution in [2.24, 2.45) is 0 Å². The third-order valence-electron chi connectivity index (χ3n) is 5.23. The number of rotatable bonds is 5. The number of hydrogen-bond acceptors (Lipinski definition) is 3. The molecule has 5 nitrogen and oxygen atoms in total. The Labute approximate surface area is 185 Å². The summed E-state index contributed by atoms with van der Waals surface area (Å²) in [5, 5.41) is 0. The quantitative estimate of drug-likeness (QED) is 0.202. The Kier molecular flexibility index (Phi) is 5.03. The molecule has 0 saturated carbocycles. The molecular weight excluding hydrogens is 396 g/mol. The monoisotopic (exact) mass is 416 g/mol. The van der Waals surface area contributed by atoms with Crippen molar-refractivity contribution in [1.82, 2.24) is 19.9 Å². The van der Waals surface area contributed by atoms with E-state index < -0.39 is 0 Å². The van der Waals surface area contributed by atoms with Crippen molar-refractivity contribution in [3.8, 4) is 40.6 Å². The molecule has 2 heterocycles. The molecule has 154 valence electrons. The highest BCUT2D eigenvalue weighted by atomic mass is 16.5. The van der Waals surface area contributed by atoms with Crippen molar-refractivity contribution in [3.63, 3.8) is 0 Å². The van der Waals surface area contributed by atoms with Gasteiger partial charge >= 0.3 is 0 Å². The van der Waals surface area contributed by atoms with E-state index in [-0.39, 0.29) is 0 Å². The van der Waals surface area contributed by atoms with Crippen LogP contribution in [0.1, 0.15) is 6.92 Å². The average Bonchev–Trinajstić information content (AvgIpc) is 3.48. The van der Waals surface area contributed by atoms with Crippen LogP contribution in [0.25, 0.3) is 44.6 Å². The van der Waals surface area contributed by atoms with E-state index in [1.165, 1.54) is 0 Å². The molecule has 3 aromatic carbocycles. The Morgan fingerprint density at radius 3 is 2.41 bits per heavy atom. The van der Waals surface area contributed by atoms with E-state index in [0.717, 1.165) is 50.3 Å². The molecule has 0 aliphatic carbocycles. The van der Waals surface area contributed by atoms with Crippen LogP contribution in [0, 0.1) is 12.3 Å². The minimum atomic E-state index is 0.695. The third-order valence-corrected chi connectivity index (χ3v) is 5.23. The lowest BCUT2D eigenvalue weighted by molar-refractivity contribution is 0.443. The molecular formula is C27H20N4O. The number of terminal acetylenes is 1. The van der Waals surface area contributed by atoms with Crippen LogP contribution >= 0.6 is 0 Å². The number of allylic oxidation sites excluding steroid dienone is 3. The van der Waals surface area contributed by atoms with Crippen molar-refractivity contribution < 1.29 is 4.74 Å². The van der Waals surface area contributed by atoms with Gasteiger partial charge in [-0.25, -0.2) is 9.97 Å². The number of aromatic amines is 2. The summed E-state index contributed by atoms with van der Waals surface area (Å²) in [5.74, 6) is 4.70. The second-order valence-corrected chi connectivity index (χ2v) is 7.27. The maximum absolute atomic E-state index is 5.85. The Morgan fingerprint density at radius 1 is 0.938 bits per heavy atom. The van der Waals surface area contributed by atoms with E-state index in [2.05, 4.69) is 45.1 Å². The minimum Gasteiger partial charge on any atom is -0.458 e. The second-order valence-electron chi connectivity index (χ2n) is 7.27. The number of benzene rings is 3. The number of fused-ring (bicyclic) bond motifs is 2. The Bertz CT molecular complexity index is 1510. The standard InChI is InChI=1S/C27H20N4O/c1-3-5-6-21(4-2)32-22-11-7-18(8-12-22)27-30-24-14-10-20(16-26(24)31-27)19-9-13-23-25(15-19)29-17-28-23/h1,4-17H,2H3,(H,28,29)(H,30,31)/b6-5-,21-4+. The topological polar surface area (TPSA) is 66.6 Å². The zero-order valence-electron chi connectivity index (χ0n) is 17.5. The molecule has 32 heavy (non-hydrogen) atoms. The summed E-state index contributed by atoms with van der Waals surface area (Å²) in [6.07, 6.45) is 12.2. The van der Waals surface area contributed by atoms with Crippen molar-refractivity contribution in [1.29, 1.82) is 0 Å². The summed E-state index contributed by atoms with van der Waals surface area (Å²) in [6, 6.07) is 20.3. The number of ether oxygens (including phenoxy) is 1. The summed E-state index contributed by atoms with van der Waals surface area (Å²) in [6.45, 7) is 1.90. The van der Waals surface area contributed by atoms with Gasteiger partial charge in [0.2, 0.25) is 0 Å². The van der Waals surface area contributed by atoms with Gasteiger partial charge < -0.3 is 14.7 Å². The predicted molar refractivity (Wildman–Crippen MR) is 129 cm³/mol.